The Labute approximate surface area is 280 Å². The Kier molecular flexibility index (Phi) is 10.7. The first-order valence-electron chi connectivity index (χ1n) is 16.8. The molecule has 0 radical (unpaired) electrons. The first kappa shape index (κ1) is 32.9. The van der Waals surface area contributed by atoms with E-state index in [1.807, 2.05) is 86.6 Å². The van der Waals surface area contributed by atoms with Gasteiger partial charge in [-0.05, 0) is 113 Å². The summed E-state index contributed by atoms with van der Waals surface area (Å²) in [5.74, 6) is -0.250. The molecule has 0 saturated carbocycles. The third-order valence-corrected chi connectivity index (χ3v) is 8.47. The van der Waals surface area contributed by atoms with Crippen LogP contribution in [0.4, 0.5) is 0 Å². The number of carbonyl (C=O) groups is 2. The van der Waals surface area contributed by atoms with Crippen LogP contribution in [0, 0.1) is 13.8 Å². The molecule has 10 nitrogen and oxygen atoms in total. The molecule has 2 heterocycles. The predicted octanol–water partition coefficient (Wildman–Crippen LogP) is 5.40. The van der Waals surface area contributed by atoms with Crippen molar-refractivity contribution in [3.8, 4) is 0 Å². The van der Waals surface area contributed by atoms with Crippen molar-refractivity contribution in [1.29, 1.82) is 0 Å². The fourth-order valence-electron chi connectivity index (χ4n) is 5.86. The van der Waals surface area contributed by atoms with Crippen molar-refractivity contribution in [3.63, 3.8) is 0 Å². The van der Waals surface area contributed by atoms with Gasteiger partial charge < -0.3 is 21.3 Å². The fraction of sp³-hybridized carbons (Fsp3) is 0.316. The molecule has 6 aromatic rings. The number of hydrogen-bond donors (Lipinski definition) is 4. The zero-order chi connectivity index (χ0) is 33.3. The summed E-state index contributed by atoms with van der Waals surface area (Å²) in [5.41, 5.74) is 9.21. The van der Waals surface area contributed by atoms with Crippen LogP contribution in [0.2, 0.25) is 0 Å². The number of benzene rings is 4. The second-order valence-corrected chi connectivity index (χ2v) is 12.1. The molecule has 0 aliphatic heterocycles. The van der Waals surface area contributed by atoms with E-state index >= 15 is 0 Å². The van der Waals surface area contributed by atoms with E-state index in [-0.39, 0.29) is 11.8 Å². The summed E-state index contributed by atoms with van der Waals surface area (Å²) >= 11 is 0. The maximum Gasteiger partial charge on any atom is 0.253 e. The molecule has 0 fully saturated rings. The fourth-order valence-corrected chi connectivity index (χ4v) is 5.86. The van der Waals surface area contributed by atoms with Gasteiger partial charge in [0.2, 0.25) is 0 Å². The van der Waals surface area contributed by atoms with Gasteiger partial charge in [0.25, 0.3) is 11.8 Å². The lowest BCUT2D eigenvalue weighted by Gasteiger charge is -2.10. The van der Waals surface area contributed by atoms with Crippen LogP contribution in [0.1, 0.15) is 57.5 Å². The number of amides is 2. The highest BCUT2D eigenvalue weighted by molar-refractivity contribution is 6.07. The summed E-state index contributed by atoms with van der Waals surface area (Å²) in [5, 5.41) is 13.0. The van der Waals surface area contributed by atoms with E-state index in [1.165, 1.54) is 0 Å². The molecule has 0 unspecified atom stereocenters. The Bertz CT molecular complexity index is 1930. The van der Waals surface area contributed by atoms with Crippen LogP contribution in [0.25, 0.3) is 44.1 Å². The SMILES string of the molecule is Cc1cccc2nc3cccc(C(=O)NCCCNCCCCNCCCNC(=O)c4cccc5nc6cccc(C)c6nc45)c3nc12. The summed E-state index contributed by atoms with van der Waals surface area (Å²) in [6, 6.07) is 23.0. The van der Waals surface area contributed by atoms with Crippen LogP contribution >= 0.6 is 0 Å². The summed E-state index contributed by atoms with van der Waals surface area (Å²) in [6.07, 6.45) is 3.81. The number of nitrogens with zero attached hydrogens (tertiary/aromatic N) is 4. The van der Waals surface area contributed by atoms with Crippen molar-refractivity contribution in [2.75, 3.05) is 39.3 Å². The van der Waals surface area contributed by atoms with E-state index in [0.29, 0.717) is 35.2 Å². The third-order valence-electron chi connectivity index (χ3n) is 8.47. The molecule has 0 aliphatic rings. The zero-order valence-corrected chi connectivity index (χ0v) is 27.6. The molecule has 0 atom stereocenters. The van der Waals surface area contributed by atoms with E-state index < -0.39 is 0 Å². The van der Waals surface area contributed by atoms with Crippen molar-refractivity contribution in [2.24, 2.45) is 0 Å². The maximum absolute atomic E-state index is 12.9. The second-order valence-electron chi connectivity index (χ2n) is 12.1. The van der Waals surface area contributed by atoms with Gasteiger partial charge in [-0.15, -0.1) is 0 Å². The minimum Gasteiger partial charge on any atom is -0.352 e. The minimum atomic E-state index is -0.125. The first-order valence-corrected chi connectivity index (χ1v) is 16.8. The highest BCUT2D eigenvalue weighted by Crippen LogP contribution is 2.23. The summed E-state index contributed by atoms with van der Waals surface area (Å²) in [7, 11) is 0. The second kappa shape index (κ2) is 15.7. The molecular weight excluding hydrogens is 600 g/mol. The number of aryl methyl sites for hydroxylation is 2. The molecule has 48 heavy (non-hydrogen) atoms. The summed E-state index contributed by atoms with van der Waals surface area (Å²) < 4.78 is 0. The Morgan fingerprint density at radius 1 is 0.458 bits per heavy atom. The van der Waals surface area contributed by atoms with Gasteiger partial charge in [0.15, 0.2) is 0 Å². The lowest BCUT2D eigenvalue weighted by molar-refractivity contribution is 0.0946. The Morgan fingerprint density at radius 2 is 0.833 bits per heavy atom. The highest BCUT2D eigenvalue weighted by Gasteiger charge is 2.15. The maximum atomic E-state index is 12.9. The Morgan fingerprint density at radius 3 is 1.27 bits per heavy atom. The van der Waals surface area contributed by atoms with Gasteiger partial charge in [-0.25, -0.2) is 19.9 Å². The predicted molar refractivity (Wildman–Crippen MR) is 192 cm³/mol. The number of hydrogen-bond acceptors (Lipinski definition) is 8. The average Bonchev–Trinajstić information content (AvgIpc) is 3.10. The molecule has 4 aromatic carbocycles. The molecule has 246 valence electrons. The molecule has 0 saturated heterocycles. The quantitative estimate of drug-likeness (QED) is 0.0865. The van der Waals surface area contributed by atoms with Gasteiger partial charge >= 0.3 is 0 Å². The van der Waals surface area contributed by atoms with E-state index in [4.69, 9.17) is 19.9 Å². The number of aromatic nitrogens is 4. The molecule has 10 heteroatoms. The third kappa shape index (κ3) is 7.73. The minimum absolute atomic E-state index is 0.125. The summed E-state index contributed by atoms with van der Waals surface area (Å²) in [4.78, 5) is 44.9. The first-order chi connectivity index (χ1) is 23.5. The number of rotatable bonds is 15. The van der Waals surface area contributed by atoms with Crippen LogP contribution in [-0.4, -0.2) is 71.0 Å². The van der Waals surface area contributed by atoms with Crippen LogP contribution in [0.5, 0.6) is 0 Å². The normalized spacial score (nSPS) is 11.5. The van der Waals surface area contributed by atoms with E-state index in [9.17, 15) is 9.59 Å². The Hall–Kier alpha value is -5.06. The molecule has 4 N–H and O–H groups in total. The van der Waals surface area contributed by atoms with Gasteiger partial charge in [0, 0.05) is 13.1 Å². The van der Waals surface area contributed by atoms with Crippen molar-refractivity contribution in [2.45, 2.75) is 39.5 Å². The molecule has 0 aliphatic carbocycles. The number of fused-ring (bicyclic) bond motifs is 4. The average molecular weight is 643 g/mol. The van der Waals surface area contributed by atoms with Gasteiger partial charge in [-0.3, -0.25) is 9.59 Å². The molecule has 2 amide bonds. The van der Waals surface area contributed by atoms with Crippen molar-refractivity contribution < 1.29 is 9.59 Å². The van der Waals surface area contributed by atoms with Gasteiger partial charge in [0.05, 0.1) is 44.2 Å². The largest absolute Gasteiger partial charge is 0.352 e. The smallest absolute Gasteiger partial charge is 0.253 e. The van der Waals surface area contributed by atoms with Gasteiger partial charge in [-0.1, -0.05) is 36.4 Å². The standard InChI is InChI=1S/C38H42N8O2/c1-25-11-5-15-29-33(25)45-35-27(13-7-17-31(35)43-29)37(47)41-23-9-21-39-19-3-4-20-40-22-10-24-42-38(48)28-14-8-18-32-36(28)46-34-26(2)12-6-16-30(34)44-32/h5-8,11-18,39-40H,3-4,9-10,19-24H2,1-2H3,(H,41,47)(H,42,48). The number of para-hydroxylation sites is 4. The monoisotopic (exact) mass is 642 g/mol. The zero-order valence-electron chi connectivity index (χ0n) is 27.6. The molecular formula is C38H42N8O2. The van der Waals surface area contributed by atoms with Crippen molar-refractivity contribution in [1.82, 2.24) is 41.2 Å². The van der Waals surface area contributed by atoms with E-state index in [2.05, 4.69) is 21.3 Å². The topological polar surface area (TPSA) is 134 Å². The van der Waals surface area contributed by atoms with E-state index in [0.717, 1.165) is 96.1 Å². The Balaban J connectivity index is 0.822. The van der Waals surface area contributed by atoms with Crippen LogP contribution in [0.3, 0.4) is 0 Å². The molecule has 2 aromatic heterocycles. The molecule has 0 bridgehead atoms. The molecule has 0 spiro atoms. The number of nitrogens with one attached hydrogen (secondary N) is 4. The van der Waals surface area contributed by atoms with Crippen molar-refractivity contribution in [3.05, 3.63) is 95.1 Å². The van der Waals surface area contributed by atoms with Crippen LogP contribution < -0.4 is 21.3 Å². The highest BCUT2D eigenvalue weighted by atomic mass is 16.2. The lowest BCUT2D eigenvalue weighted by Crippen LogP contribution is -2.28. The van der Waals surface area contributed by atoms with Gasteiger partial charge in [-0.2, -0.15) is 0 Å². The molecule has 6 rings (SSSR count). The van der Waals surface area contributed by atoms with Crippen LogP contribution in [-0.2, 0) is 0 Å². The van der Waals surface area contributed by atoms with Gasteiger partial charge in [0.1, 0.15) is 11.0 Å². The number of carbonyl (C=O) groups excluding carboxylic acids is 2. The summed E-state index contributed by atoms with van der Waals surface area (Å²) in [6.45, 7) is 8.72. The number of unbranched alkanes of at least 4 members (excludes halogenated alkanes) is 1. The van der Waals surface area contributed by atoms with Crippen molar-refractivity contribution >= 4 is 55.9 Å². The lowest BCUT2D eigenvalue weighted by atomic mass is 10.1. The van der Waals surface area contributed by atoms with Crippen LogP contribution in [0.15, 0.2) is 72.8 Å². The van der Waals surface area contributed by atoms with E-state index in [1.54, 1.807) is 0 Å².